The van der Waals surface area contributed by atoms with Gasteiger partial charge in [-0.2, -0.15) is 8.42 Å². The maximum atomic E-state index is 11.8. The van der Waals surface area contributed by atoms with Gasteiger partial charge in [0.15, 0.2) is 0 Å². The Hall–Kier alpha value is -2.24. The molecule has 3 heterocycles. The zero-order valence-corrected chi connectivity index (χ0v) is 13.8. The van der Waals surface area contributed by atoms with Gasteiger partial charge in [-0.1, -0.05) is 0 Å². The van der Waals surface area contributed by atoms with E-state index in [0.717, 1.165) is 29.1 Å². The van der Waals surface area contributed by atoms with Crippen LogP contribution in [0.2, 0.25) is 0 Å². The molecule has 0 bridgehead atoms. The number of hydrogen-bond donors (Lipinski definition) is 2. The topological polar surface area (TPSA) is 125 Å². The zero-order valence-electron chi connectivity index (χ0n) is 12.1. The predicted octanol–water partition coefficient (Wildman–Crippen LogP) is 0.296. The van der Waals surface area contributed by atoms with Crippen LogP contribution < -0.4 is 9.86 Å². The molecule has 0 atom stereocenters. The van der Waals surface area contributed by atoms with Crippen LogP contribution in [0, 0.1) is 0 Å². The molecule has 0 fully saturated rings. The summed E-state index contributed by atoms with van der Waals surface area (Å²) >= 11 is 1.10. The molecule has 9 nitrogen and oxygen atoms in total. The Morgan fingerprint density at radius 2 is 2.17 bits per heavy atom. The largest absolute Gasteiger partial charge is 0.333 e. The number of fused-ring (bicyclic) bond motifs is 1. The lowest BCUT2D eigenvalue weighted by Crippen LogP contribution is -2.35. The van der Waals surface area contributed by atoms with Crippen LogP contribution in [-0.2, 0) is 23.3 Å². The molecule has 122 valence electrons. The average molecular weight is 354 g/mol. The lowest BCUT2D eigenvalue weighted by molar-refractivity contribution is 0.0985. The number of carbonyl (C=O) groups is 1. The molecule has 3 rings (SSSR count). The van der Waals surface area contributed by atoms with Gasteiger partial charge >= 0.3 is 0 Å². The first-order valence-electron chi connectivity index (χ1n) is 6.66. The number of imidazole rings is 2. The number of amides is 1. The lowest BCUT2D eigenvalue weighted by atomic mass is 10.4. The van der Waals surface area contributed by atoms with Crippen molar-refractivity contribution in [2.24, 2.45) is 5.14 Å². The second kappa shape index (κ2) is 5.76. The van der Waals surface area contributed by atoms with E-state index in [0.29, 0.717) is 11.4 Å². The van der Waals surface area contributed by atoms with Crippen LogP contribution in [0.25, 0.3) is 10.3 Å². The van der Waals surface area contributed by atoms with Crippen molar-refractivity contribution >= 4 is 37.8 Å². The highest BCUT2D eigenvalue weighted by atomic mass is 32.2. The summed E-state index contributed by atoms with van der Waals surface area (Å²) in [6.45, 7) is 3.38. The van der Waals surface area contributed by atoms with Gasteiger partial charge in [-0.25, -0.2) is 19.8 Å². The minimum absolute atomic E-state index is 0.231. The highest BCUT2D eigenvalue weighted by Gasteiger charge is 2.17. The number of nitrogens with one attached hydrogen (secondary N) is 1. The fraction of sp³-hybridized carbons (Fsp3) is 0.250. The number of aryl methyl sites for hydroxylation is 1. The van der Waals surface area contributed by atoms with Crippen LogP contribution in [-0.4, -0.2) is 33.4 Å². The van der Waals surface area contributed by atoms with Crippen LogP contribution in [0.3, 0.4) is 0 Å². The van der Waals surface area contributed by atoms with Gasteiger partial charge in [0.25, 0.3) is 16.1 Å². The van der Waals surface area contributed by atoms with Crippen molar-refractivity contribution in [3.05, 3.63) is 35.5 Å². The number of nitrogens with two attached hydrogens (primary N) is 1. The van der Waals surface area contributed by atoms with E-state index < -0.39 is 16.1 Å². The second-order valence-corrected chi connectivity index (χ2v) is 7.15. The molecule has 0 aliphatic carbocycles. The van der Waals surface area contributed by atoms with Crippen LogP contribution in [0.15, 0.2) is 24.9 Å². The van der Waals surface area contributed by atoms with Gasteiger partial charge in [0.1, 0.15) is 4.83 Å². The molecular formula is C12H14N6O3S2. The quantitative estimate of drug-likeness (QED) is 0.681. The SMILES string of the molecule is CCn1cncc1Cn1cnc2sc(C(=O)NS(N)(=O)=O)cc21. The fourth-order valence-corrected chi connectivity index (χ4v) is 3.55. The summed E-state index contributed by atoms with van der Waals surface area (Å²) in [4.78, 5) is 21.1. The van der Waals surface area contributed by atoms with Gasteiger partial charge in [-0.15, -0.1) is 11.3 Å². The molecule has 0 aliphatic heterocycles. The summed E-state index contributed by atoms with van der Waals surface area (Å²) in [5, 5.41) is 4.81. The fourth-order valence-electron chi connectivity index (χ4n) is 2.21. The Morgan fingerprint density at radius 1 is 1.39 bits per heavy atom. The van der Waals surface area contributed by atoms with Crippen molar-refractivity contribution < 1.29 is 13.2 Å². The summed E-state index contributed by atoms with van der Waals surface area (Å²) in [7, 11) is -4.08. The highest BCUT2D eigenvalue weighted by molar-refractivity contribution is 7.87. The molecule has 1 amide bonds. The summed E-state index contributed by atoms with van der Waals surface area (Å²) in [5.74, 6) is -0.763. The molecule has 0 saturated heterocycles. The second-order valence-electron chi connectivity index (χ2n) is 4.82. The first-order valence-corrected chi connectivity index (χ1v) is 9.02. The Bertz CT molecular complexity index is 968. The molecule has 0 spiro atoms. The van der Waals surface area contributed by atoms with E-state index in [2.05, 4.69) is 9.97 Å². The van der Waals surface area contributed by atoms with E-state index in [9.17, 15) is 13.2 Å². The highest BCUT2D eigenvalue weighted by Crippen LogP contribution is 2.25. The molecule has 0 unspecified atom stereocenters. The van der Waals surface area contributed by atoms with Gasteiger partial charge in [0, 0.05) is 12.7 Å². The Kier molecular flexibility index (Phi) is 3.92. The van der Waals surface area contributed by atoms with Gasteiger partial charge in [-0.05, 0) is 13.0 Å². The van der Waals surface area contributed by atoms with E-state index in [1.54, 1.807) is 29.6 Å². The van der Waals surface area contributed by atoms with Crippen molar-refractivity contribution in [1.82, 2.24) is 23.8 Å². The molecule has 3 aromatic heterocycles. The number of hydrogen-bond acceptors (Lipinski definition) is 6. The van der Waals surface area contributed by atoms with Crippen LogP contribution in [0.5, 0.6) is 0 Å². The van der Waals surface area contributed by atoms with Gasteiger partial charge in [0.05, 0.1) is 35.3 Å². The third-order valence-electron chi connectivity index (χ3n) is 3.25. The van der Waals surface area contributed by atoms with E-state index >= 15 is 0 Å². The number of nitrogens with zero attached hydrogens (tertiary/aromatic N) is 4. The minimum atomic E-state index is -4.08. The minimum Gasteiger partial charge on any atom is -0.333 e. The van der Waals surface area contributed by atoms with Gasteiger partial charge in [0.2, 0.25) is 0 Å². The third-order valence-corrected chi connectivity index (χ3v) is 4.75. The van der Waals surface area contributed by atoms with E-state index in [1.165, 1.54) is 0 Å². The Morgan fingerprint density at radius 3 is 2.87 bits per heavy atom. The molecule has 23 heavy (non-hydrogen) atoms. The lowest BCUT2D eigenvalue weighted by Gasteiger charge is -2.06. The van der Waals surface area contributed by atoms with E-state index in [1.807, 2.05) is 16.1 Å². The van der Waals surface area contributed by atoms with Crippen LogP contribution in [0.1, 0.15) is 22.3 Å². The average Bonchev–Trinajstić information content (AvgIpc) is 3.14. The summed E-state index contributed by atoms with van der Waals surface area (Å²) in [6.07, 6.45) is 5.20. The monoisotopic (exact) mass is 354 g/mol. The van der Waals surface area contributed by atoms with Crippen molar-refractivity contribution in [3.63, 3.8) is 0 Å². The van der Waals surface area contributed by atoms with Crippen molar-refractivity contribution in [2.45, 2.75) is 20.0 Å². The summed E-state index contributed by atoms with van der Waals surface area (Å²) in [6, 6.07) is 1.60. The van der Waals surface area contributed by atoms with Crippen molar-refractivity contribution in [1.29, 1.82) is 0 Å². The Balaban J connectivity index is 1.90. The Labute approximate surface area is 135 Å². The molecular weight excluding hydrogens is 340 g/mol. The summed E-state index contributed by atoms with van der Waals surface area (Å²) in [5.41, 5.74) is 1.76. The summed E-state index contributed by atoms with van der Waals surface area (Å²) < 4.78 is 27.5. The van der Waals surface area contributed by atoms with Crippen LogP contribution in [0.4, 0.5) is 0 Å². The number of carbonyl (C=O) groups excluding carboxylic acids is 1. The number of thiophene rings is 1. The molecule has 0 radical (unpaired) electrons. The standard InChI is InChI=1S/C12H14N6O3S2/c1-2-17-6-14-4-8(17)5-18-7-15-12-9(18)3-10(22-12)11(19)16-23(13,20)21/h3-4,6-7H,2,5H2,1H3,(H,16,19)(H2,13,20,21). The van der Waals surface area contributed by atoms with Crippen molar-refractivity contribution in [3.8, 4) is 0 Å². The van der Waals surface area contributed by atoms with Gasteiger partial charge in [-0.3, -0.25) is 4.79 Å². The zero-order chi connectivity index (χ0) is 16.6. The normalized spacial score (nSPS) is 11.9. The van der Waals surface area contributed by atoms with Crippen LogP contribution >= 0.6 is 11.3 Å². The predicted molar refractivity (Wildman–Crippen MR) is 85.2 cm³/mol. The number of rotatable bonds is 5. The number of aromatic nitrogens is 4. The molecule has 3 aromatic rings. The first kappa shape index (κ1) is 15.6. The molecule has 0 aromatic carbocycles. The van der Waals surface area contributed by atoms with Crippen molar-refractivity contribution in [2.75, 3.05) is 0 Å². The van der Waals surface area contributed by atoms with E-state index in [-0.39, 0.29) is 4.88 Å². The van der Waals surface area contributed by atoms with Gasteiger partial charge < -0.3 is 9.13 Å². The molecule has 0 saturated carbocycles. The molecule has 3 N–H and O–H groups in total. The smallest absolute Gasteiger partial charge is 0.299 e. The maximum absolute atomic E-state index is 11.8. The molecule has 11 heteroatoms. The molecule has 0 aliphatic rings. The maximum Gasteiger partial charge on any atom is 0.299 e. The third kappa shape index (κ3) is 3.25. The van der Waals surface area contributed by atoms with E-state index in [4.69, 9.17) is 5.14 Å². The first-order chi connectivity index (χ1) is 10.9.